The molecule has 2 amide bonds. The van der Waals surface area contributed by atoms with Crippen molar-refractivity contribution < 1.29 is 14.5 Å². The van der Waals surface area contributed by atoms with E-state index in [2.05, 4.69) is 15.6 Å². The van der Waals surface area contributed by atoms with E-state index in [1.54, 1.807) is 12.1 Å². The average molecular weight is 317 g/mol. The zero-order chi connectivity index (χ0) is 16.6. The third kappa shape index (κ3) is 2.61. The highest BCUT2D eigenvalue weighted by molar-refractivity contribution is 6.01. The molecule has 1 aliphatic rings. The summed E-state index contributed by atoms with van der Waals surface area (Å²) >= 11 is 0. The van der Waals surface area contributed by atoms with Crippen molar-refractivity contribution in [1.29, 1.82) is 0 Å². The second-order valence-corrected chi connectivity index (χ2v) is 4.95. The lowest BCUT2D eigenvalue weighted by Crippen LogP contribution is -2.47. The number of amides is 2. The summed E-state index contributed by atoms with van der Waals surface area (Å²) in [6, 6.07) is 3.82. The third-order valence-corrected chi connectivity index (χ3v) is 3.44. The molecule has 0 aliphatic carbocycles. The van der Waals surface area contributed by atoms with Gasteiger partial charge in [0.05, 0.1) is 4.92 Å². The molecule has 1 aliphatic heterocycles. The number of hydrogen-bond donors (Lipinski definition) is 2. The molecule has 0 unspecified atom stereocenters. The van der Waals surface area contributed by atoms with Gasteiger partial charge >= 0.3 is 11.2 Å². The monoisotopic (exact) mass is 317 g/mol. The van der Waals surface area contributed by atoms with Crippen LogP contribution >= 0.6 is 0 Å². The van der Waals surface area contributed by atoms with Gasteiger partial charge in [-0.05, 0) is 18.6 Å². The van der Waals surface area contributed by atoms with E-state index in [1.165, 1.54) is 12.3 Å². The maximum absolute atomic E-state index is 12.3. The summed E-state index contributed by atoms with van der Waals surface area (Å²) in [6.45, 7) is 0. The Bertz CT molecular complexity index is 890. The predicted molar refractivity (Wildman–Crippen MR) is 77.9 cm³/mol. The molecule has 0 bridgehead atoms. The van der Waals surface area contributed by atoms with E-state index < -0.39 is 34.0 Å². The van der Waals surface area contributed by atoms with Gasteiger partial charge in [0, 0.05) is 12.6 Å². The van der Waals surface area contributed by atoms with Gasteiger partial charge in [-0.2, -0.15) is 0 Å². The zero-order valence-electron chi connectivity index (χ0n) is 11.7. The van der Waals surface area contributed by atoms with Gasteiger partial charge in [0.25, 0.3) is 0 Å². The molecule has 2 aromatic rings. The van der Waals surface area contributed by atoms with E-state index in [9.17, 15) is 24.5 Å². The Morgan fingerprint density at radius 3 is 2.83 bits per heavy atom. The number of carbonyl (C=O) groups is 2. The molecule has 23 heavy (non-hydrogen) atoms. The van der Waals surface area contributed by atoms with E-state index in [-0.39, 0.29) is 24.3 Å². The Kier molecular flexibility index (Phi) is 3.48. The lowest BCUT2D eigenvalue weighted by molar-refractivity contribution is -0.385. The molecule has 10 nitrogen and oxygen atoms in total. The van der Waals surface area contributed by atoms with Gasteiger partial charge in [-0.25, -0.2) is 4.98 Å². The lowest BCUT2D eigenvalue weighted by atomic mass is 10.1. The van der Waals surface area contributed by atoms with Crippen LogP contribution in [0.4, 0.5) is 11.5 Å². The summed E-state index contributed by atoms with van der Waals surface area (Å²) in [5.74, 6) is -1.31. The largest absolute Gasteiger partial charge is 0.376 e. The first-order valence-electron chi connectivity index (χ1n) is 6.73. The second-order valence-electron chi connectivity index (χ2n) is 4.95. The molecular weight excluding hydrogens is 306 g/mol. The van der Waals surface area contributed by atoms with Crippen LogP contribution in [-0.2, 0) is 9.59 Å². The van der Waals surface area contributed by atoms with E-state index in [1.807, 2.05) is 0 Å². The van der Waals surface area contributed by atoms with E-state index >= 15 is 0 Å². The van der Waals surface area contributed by atoms with Gasteiger partial charge in [0.1, 0.15) is 11.7 Å². The Hall–Kier alpha value is -3.30. The maximum Gasteiger partial charge on any atom is 0.376 e. The van der Waals surface area contributed by atoms with E-state index in [0.717, 1.165) is 4.40 Å². The molecular formula is C13H11N5O5. The summed E-state index contributed by atoms with van der Waals surface area (Å²) in [4.78, 5) is 49.6. The predicted octanol–water partition coefficient (Wildman–Crippen LogP) is -0.180. The fourth-order valence-electron chi connectivity index (χ4n) is 2.34. The highest BCUT2D eigenvalue weighted by Crippen LogP contribution is 2.20. The number of imide groups is 1. The van der Waals surface area contributed by atoms with Crippen LogP contribution in [-0.4, -0.2) is 32.2 Å². The minimum atomic E-state index is -0.871. The molecule has 2 N–H and O–H groups in total. The van der Waals surface area contributed by atoms with Gasteiger partial charge in [-0.3, -0.25) is 34.2 Å². The minimum absolute atomic E-state index is 0.101. The standard InChI is InChI=1S/C13H11N5O5/c19-9-5-4-7(12(20)16-9)14-11-10(18(22)23)13(21)17-6-2-1-3-8(17)15-11/h1-3,6-7,14H,4-5H2,(H,16,19,20)/t7-/m0/s1. The molecule has 3 heterocycles. The summed E-state index contributed by atoms with van der Waals surface area (Å²) in [6.07, 6.45) is 1.63. The van der Waals surface area contributed by atoms with Gasteiger partial charge in [-0.15, -0.1) is 0 Å². The van der Waals surface area contributed by atoms with Crippen molar-refractivity contribution >= 4 is 29.0 Å². The molecule has 3 rings (SSSR count). The number of carbonyl (C=O) groups excluding carboxylic acids is 2. The van der Waals surface area contributed by atoms with E-state index in [4.69, 9.17) is 0 Å². The van der Waals surface area contributed by atoms with Crippen LogP contribution in [0.1, 0.15) is 12.8 Å². The molecule has 0 spiro atoms. The summed E-state index contributed by atoms with van der Waals surface area (Å²) in [5, 5.41) is 16.0. The van der Waals surface area contributed by atoms with Gasteiger partial charge in [0.15, 0.2) is 0 Å². The number of nitro groups is 1. The highest BCUT2D eigenvalue weighted by atomic mass is 16.6. The second kappa shape index (κ2) is 5.48. The number of nitrogens with zero attached hydrogens (tertiary/aromatic N) is 3. The maximum atomic E-state index is 12.3. The Morgan fingerprint density at radius 2 is 2.13 bits per heavy atom. The first kappa shape index (κ1) is 14.6. The summed E-state index contributed by atoms with van der Waals surface area (Å²) < 4.78 is 1.05. The smallest absolute Gasteiger partial charge is 0.352 e. The van der Waals surface area contributed by atoms with Crippen LogP contribution in [0.3, 0.4) is 0 Å². The first-order chi connectivity index (χ1) is 11.0. The van der Waals surface area contributed by atoms with Gasteiger partial charge < -0.3 is 5.32 Å². The van der Waals surface area contributed by atoms with Gasteiger partial charge in [-0.1, -0.05) is 6.07 Å². The fraction of sp³-hybridized carbons (Fsp3) is 0.231. The molecule has 118 valence electrons. The zero-order valence-corrected chi connectivity index (χ0v) is 11.7. The SMILES string of the molecule is O=C1CC[C@H](Nc2nc3ccccn3c(=O)c2[N+](=O)[O-])C(=O)N1. The van der Waals surface area contributed by atoms with Crippen molar-refractivity contribution in [2.75, 3.05) is 5.32 Å². The van der Waals surface area contributed by atoms with Crippen molar-refractivity contribution in [2.24, 2.45) is 0 Å². The van der Waals surface area contributed by atoms with Crippen molar-refractivity contribution in [2.45, 2.75) is 18.9 Å². The first-order valence-corrected chi connectivity index (χ1v) is 6.73. The van der Waals surface area contributed by atoms with Crippen LogP contribution < -0.4 is 16.2 Å². The Morgan fingerprint density at radius 1 is 1.35 bits per heavy atom. The van der Waals surface area contributed by atoms with Gasteiger partial charge in [0.2, 0.25) is 17.6 Å². The number of nitrogens with one attached hydrogen (secondary N) is 2. The molecule has 0 radical (unpaired) electrons. The van der Waals surface area contributed by atoms with Crippen LogP contribution in [0.25, 0.3) is 5.65 Å². The van der Waals surface area contributed by atoms with Crippen molar-refractivity contribution in [3.63, 3.8) is 0 Å². The normalized spacial score (nSPS) is 17.8. The number of aromatic nitrogens is 2. The number of piperidine rings is 1. The van der Waals surface area contributed by atoms with Crippen LogP contribution in [0, 0.1) is 10.1 Å². The average Bonchev–Trinajstić information content (AvgIpc) is 2.50. The summed E-state index contributed by atoms with van der Waals surface area (Å²) in [5.41, 5.74) is -1.40. The highest BCUT2D eigenvalue weighted by Gasteiger charge is 2.31. The number of rotatable bonds is 3. The molecule has 0 aromatic carbocycles. The van der Waals surface area contributed by atoms with E-state index in [0.29, 0.717) is 0 Å². The molecule has 1 saturated heterocycles. The van der Waals surface area contributed by atoms with Crippen LogP contribution in [0.15, 0.2) is 29.2 Å². The third-order valence-electron chi connectivity index (χ3n) is 3.44. The van der Waals surface area contributed by atoms with Crippen molar-refractivity contribution in [3.8, 4) is 0 Å². The fourth-order valence-corrected chi connectivity index (χ4v) is 2.34. The molecule has 1 fully saturated rings. The summed E-state index contributed by atoms with van der Waals surface area (Å²) in [7, 11) is 0. The number of fused-ring (bicyclic) bond motifs is 1. The number of anilines is 1. The Labute approximate surface area is 128 Å². The lowest BCUT2D eigenvalue weighted by Gasteiger charge is -2.22. The van der Waals surface area contributed by atoms with Crippen LogP contribution in [0.5, 0.6) is 0 Å². The van der Waals surface area contributed by atoms with Crippen molar-refractivity contribution in [1.82, 2.24) is 14.7 Å². The Balaban J connectivity index is 2.07. The minimum Gasteiger partial charge on any atom is -0.352 e. The topological polar surface area (TPSA) is 136 Å². The molecule has 0 saturated carbocycles. The molecule has 2 aromatic heterocycles. The number of pyridine rings is 1. The van der Waals surface area contributed by atoms with Crippen molar-refractivity contribution in [3.05, 3.63) is 44.9 Å². The number of hydrogen-bond acceptors (Lipinski definition) is 7. The molecule has 10 heteroatoms. The molecule has 1 atom stereocenters. The van der Waals surface area contributed by atoms with Crippen LogP contribution in [0.2, 0.25) is 0 Å². The quantitative estimate of drug-likeness (QED) is 0.455.